The van der Waals surface area contributed by atoms with Crippen LogP contribution in [0, 0.1) is 0 Å². The van der Waals surface area contributed by atoms with Crippen molar-refractivity contribution in [1.82, 2.24) is 0 Å². The van der Waals surface area contributed by atoms with E-state index >= 15 is 0 Å². The van der Waals surface area contributed by atoms with Gasteiger partial charge in [-0.25, -0.2) is 4.79 Å². The number of halogens is 1. The third-order valence-corrected chi connectivity index (χ3v) is 0.773. The third-order valence-electron chi connectivity index (χ3n) is 0.485. The Kier molecular flexibility index (Phi) is 0.753. The zero-order valence-electron chi connectivity index (χ0n) is 3.05. The van der Waals surface area contributed by atoms with Crippen LogP contribution in [0.1, 0.15) is 0 Å². The van der Waals surface area contributed by atoms with Gasteiger partial charge < -0.3 is 5.11 Å². The number of aliphatic carboxylic acids is 1. The third kappa shape index (κ3) is 0.674. The molecule has 1 aliphatic heterocycles. The summed E-state index contributed by atoms with van der Waals surface area (Å²) in [6, 6.07) is 0. The summed E-state index contributed by atoms with van der Waals surface area (Å²) in [7, 11) is 0. The maximum atomic E-state index is 9.70. The van der Waals surface area contributed by atoms with Crippen molar-refractivity contribution in [2.45, 2.75) is 5.25 Å². The molecule has 4 nitrogen and oxygen atoms in total. The lowest BCUT2D eigenvalue weighted by Crippen LogP contribution is -2.14. The van der Waals surface area contributed by atoms with Crippen LogP contribution in [0.2, 0.25) is 0 Å². The molecule has 0 aromatic rings. The van der Waals surface area contributed by atoms with Crippen molar-refractivity contribution in [2.75, 3.05) is 0 Å². The lowest BCUT2D eigenvalue weighted by molar-refractivity contribution is -0.140. The van der Waals surface area contributed by atoms with Gasteiger partial charge in [-0.3, -0.25) is 0 Å². The number of hydrogen-bond donors (Lipinski definition) is 1. The van der Waals surface area contributed by atoms with Gasteiger partial charge in [-0.15, -0.1) is 0 Å². The molecule has 1 N–H and O–H groups in total. The van der Waals surface area contributed by atoms with Crippen LogP contribution < -0.4 is 0 Å². The quantitative estimate of drug-likeness (QED) is 0.302. The minimum Gasteiger partial charge on any atom is -0.476 e. The molecule has 0 unspecified atom stereocenters. The van der Waals surface area contributed by atoms with Crippen molar-refractivity contribution in [2.24, 2.45) is 0 Å². The summed E-state index contributed by atoms with van der Waals surface area (Å²) in [5.41, 5.74) is 0. The maximum Gasteiger partial charge on any atom is 0.403 e. The Labute approximate surface area is 43.5 Å². The molecule has 1 fully saturated rings. The van der Waals surface area contributed by atoms with Gasteiger partial charge in [0.1, 0.15) is 0 Å². The van der Waals surface area contributed by atoms with E-state index in [9.17, 15) is 4.79 Å². The molecule has 0 spiro atoms. The van der Waals surface area contributed by atoms with Gasteiger partial charge in [0.15, 0.2) is 0 Å². The zero-order valence-corrected chi connectivity index (χ0v) is 3.81. The van der Waals surface area contributed by atoms with Crippen LogP contribution >= 0.6 is 11.6 Å². The van der Waals surface area contributed by atoms with Crippen molar-refractivity contribution in [3.63, 3.8) is 0 Å². The van der Waals surface area contributed by atoms with Gasteiger partial charge in [-0.1, -0.05) is 0 Å². The number of alkyl halides is 1. The molecule has 7 heavy (non-hydrogen) atoms. The number of hydrogen-bond acceptors (Lipinski definition) is 3. The highest BCUT2D eigenvalue weighted by molar-refractivity contribution is 6.32. The Hall–Kier alpha value is -0.320. The predicted octanol–water partition coefficient (Wildman–Crippen LogP) is -0.0746. The monoisotopic (exact) mass is 124 g/mol. The van der Waals surface area contributed by atoms with E-state index in [0.717, 1.165) is 0 Å². The Morgan fingerprint density at radius 2 is 2.14 bits per heavy atom. The minimum absolute atomic E-state index is 1.32. The molecule has 1 rings (SSSR count). The molecule has 1 saturated heterocycles. The fraction of sp³-hybridized carbons (Fsp3) is 0.500. The Morgan fingerprint density at radius 1 is 1.71 bits per heavy atom. The fourth-order valence-electron chi connectivity index (χ4n) is 0.108. The molecule has 0 atom stereocenters. The van der Waals surface area contributed by atoms with E-state index in [-0.39, 0.29) is 0 Å². The van der Waals surface area contributed by atoms with Crippen molar-refractivity contribution < 1.29 is 19.7 Å². The number of rotatable bonds is 1. The van der Waals surface area contributed by atoms with Crippen LogP contribution in [0.15, 0.2) is 0 Å². The normalized spacial score (nSPS) is 24.1. The Balaban J connectivity index is 2.55. The van der Waals surface area contributed by atoms with Gasteiger partial charge in [0.05, 0.1) is 0 Å². The first kappa shape index (κ1) is 4.83. The predicted molar refractivity (Wildman–Crippen MR) is 18.4 cm³/mol. The molecule has 5 heteroatoms. The molecule has 0 aliphatic carbocycles. The summed E-state index contributed by atoms with van der Waals surface area (Å²) in [6.45, 7) is 0. The van der Waals surface area contributed by atoms with Crippen molar-refractivity contribution in [3.8, 4) is 0 Å². The molecule has 0 amide bonds. The van der Waals surface area contributed by atoms with Crippen molar-refractivity contribution >= 4 is 17.6 Å². The second-order valence-electron chi connectivity index (χ2n) is 1.01. The van der Waals surface area contributed by atoms with E-state index in [1.807, 2.05) is 0 Å². The van der Waals surface area contributed by atoms with E-state index in [0.29, 0.717) is 0 Å². The second kappa shape index (κ2) is 1.09. The van der Waals surface area contributed by atoms with E-state index < -0.39 is 11.2 Å². The van der Waals surface area contributed by atoms with Gasteiger partial charge in [-0.05, 0) is 11.6 Å². The standard InChI is InChI=1S/C2HClO4/c3-2(1(4)5)6-7-2/h(H,4,5). The first-order valence-electron chi connectivity index (χ1n) is 1.44. The molecule has 1 aliphatic rings. The fourth-order valence-corrected chi connectivity index (χ4v) is 0.139. The largest absolute Gasteiger partial charge is 0.476 e. The lowest BCUT2D eigenvalue weighted by atomic mass is 10.7. The van der Waals surface area contributed by atoms with E-state index in [2.05, 4.69) is 9.78 Å². The smallest absolute Gasteiger partial charge is 0.403 e. The molecular weight excluding hydrogens is 123 g/mol. The lowest BCUT2D eigenvalue weighted by Gasteiger charge is -1.81. The van der Waals surface area contributed by atoms with Gasteiger partial charge in [0.2, 0.25) is 0 Å². The highest BCUT2D eigenvalue weighted by Gasteiger charge is 2.56. The average molecular weight is 124 g/mol. The SMILES string of the molecule is O=C(O)C1(Cl)OO1. The van der Waals surface area contributed by atoms with Gasteiger partial charge in [-0.2, -0.15) is 9.78 Å². The van der Waals surface area contributed by atoms with E-state index in [1.54, 1.807) is 0 Å². The summed E-state index contributed by atoms with van der Waals surface area (Å²) in [5, 5.41) is 6.07. The molecule has 0 bridgehead atoms. The first-order chi connectivity index (χ1) is 3.15. The van der Waals surface area contributed by atoms with E-state index in [4.69, 9.17) is 16.7 Å². The molecule has 40 valence electrons. The van der Waals surface area contributed by atoms with Crippen LogP contribution in [-0.4, -0.2) is 16.3 Å². The van der Waals surface area contributed by atoms with Crippen LogP contribution in [0.4, 0.5) is 0 Å². The van der Waals surface area contributed by atoms with Gasteiger partial charge in [0.25, 0.3) is 0 Å². The molecule has 0 aromatic heterocycles. The highest BCUT2D eigenvalue weighted by atomic mass is 35.5. The van der Waals surface area contributed by atoms with Gasteiger partial charge >= 0.3 is 11.2 Å². The van der Waals surface area contributed by atoms with Crippen LogP contribution in [-0.2, 0) is 14.6 Å². The minimum atomic E-state index is -1.86. The van der Waals surface area contributed by atoms with Crippen molar-refractivity contribution in [3.05, 3.63) is 0 Å². The number of carboxylic acid groups (broad SMARTS) is 1. The van der Waals surface area contributed by atoms with Crippen LogP contribution in [0.5, 0.6) is 0 Å². The zero-order chi connectivity index (χ0) is 5.49. The highest BCUT2D eigenvalue weighted by Crippen LogP contribution is 2.33. The van der Waals surface area contributed by atoms with Crippen LogP contribution in [0.3, 0.4) is 0 Å². The summed E-state index contributed by atoms with van der Waals surface area (Å²) in [4.78, 5) is 17.3. The van der Waals surface area contributed by atoms with Crippen molar-refractivity contribution in [1.29, 1.82) is 0 Å². The molecule has 0 saturated carbocycles. The average Bonchev–Trinajstić information content (AvgIpc) is 2.21. The maximum absolute atomic E-state index is 9.70. The topological polar surface area (TPSA) is 62.4 Å². The molecular formula is C2HClO4. The molecule has 0 radical (unpaired) electrons. The Bertz CT molecular complexity index is 106. The summed E-state index contributed by atoms with van der Waals surface area (Å²) < 4.78 is 0. The number of carboxylic acids is 1. The first-order valence-corrected chi connectivity index (χ1v) is 1.82. The molecule has 0 aromatic carbocycles. The summed E-state index contributed by atoms with van der Waals surface area (Å²) >= 11 is 4.94. The Morgan fingerprint density at radius 3 is 2.14 bits per heavy atom. The van der Waals surface area contributed by atoms with Crippen LogP contribution in [0.25, 0.3) is 0 Å². The number of carbonyl (C=O) groups is 1. The second-order valence-corrected chi connectivity index (χ2v) is 1.51. The summed E-state index contributed by atoms with van der Waals surface area (Å²) in [6.07, 6.45) is 0. The van der Waals surface area contributed by atoms with Gasteiger partial charge in [0, 0.05) is 0 Å². The summed E-state index contributed by atoms with van der Waals surface area (Å²) in [5.74, 6) is -1.32. The van der Waals surface area contributed by atoms with E-state index in [1.165, 1.54) is 0 Å². The molecule has 1 heterocycles.